The maximum Gasteiger partial charge on any atom is 0.313 e. The van der Waals surface area contributed by atoms with E-state index in [1.165, 1.54) is 11.3 Å². The Labute approximate surface area is 213 Å². The van der Waals surface area contributed by atoms with Crippen LogP contribution in [0.2, 0.25) is 0 Å². The number of cyclic esters (lactones) is 1. The van der Waals surface area contributed by atoms with Crippen LogP contribution in [0.3, 0.4) is 0 Å². The van der Waals surface area contributed by atoms with Gasteiger partial charge in [0, 0.05) is 12.6 Å². The van der Waals surface area contributed by atoms with Gasteiger partial charge in [0.25, 0.3) is 0 Å². The Morgan fingerprint density at radius 1 is 1.03 bits per heavy atom. The Morgan fingerprint density at radius 3 is 2.53 bits per heavy atom. The van der Waals surface area contributed by atoms with Gasteiger partial charge >= 0.3 is 5.97 Å². The first-order chi connectivity index (χ1) is 17.4. The summed E-state index contributed by atoms with van der Waals surface area (Å²) in [6, 6.07) is -1.39. The van der Waals surface area contributed by atoms with Crippen LogP contribution < -0.4 is 0 Å². The standard InChI is InChI=1S/C28H40N2O6/c1-3-27-14-9-4-5-10-17-35-26(34)22(27)21-24(32)30(19(2)18-31)23-25(33)29(20-12-7-6-8-13-20)16-11-15-28(21,23)36-27/h9,11,14-15,19-23,31H,3-8,10,12-13,16-18H2,1-2H3/b14-9-/t19-,21+,22+,23?,27-,28+/m1/s1. The molecule has 0 aromatic carbocycles. The van der Waals surface area contributed by atoms with E-state index in [1.54, 1.807) is 6.92 Å². The maximum absolute atomic E-state index is 14.4. The summed E-state index contributed by atoms with van der Waals surface area (Å²) in [5.41, 5.74) is -2.33. The van der Waals surface area contributed by atoms with E-state index in [9.17, 15) is 19.5 Å². The van der Waals surface area contributed by atoms with Crippen molar-refractivity contribution in [3.05, 3.63) is 24.3 Å². The molecule has 1 aliphatic carbocycles. The lowest BCUT2D eigenvalue weighted by molar-refractivity contribution is -0.163. The molecule has 2 saturated heterocycles. The summed E-state index contributed by atoms with van der Waals surface area (Å²) in [4.78, 5) is 45.6. The molecule has 36 heavy (non-hydrogen) atoms. The van der Waals surface area contributed by atoms with Crippen molar-refractivity contribution < 1.29 is 29.0 Å². The van der Waals surface area contributed by atoms with Crippen LogP contribution in [0.15, 0.2) is 24.3 Å². The minimum absolute atomic E-state index is 0.124. The number of esters is 1. The van der Waals surface area contributed by atoms with E-state index in [2.05, 4.69) is 6.08 Å². The molecule has 5 rings (SSSR count). The molecule has 8 nitrogen and oxygen atoms in total. The Kier molecular flexibility index (Phi) is 7.03. The second-order valence-electron chi connectivity index (χ2n) is 11.1. The highest BCUT2D eigenvalue weighted by molar-refractivity contribution is 5.99. The van der Waals surface area contributed by atoms with Gasteiger partial charge in [-0.2, -0.15) is 0 Å². The number of likely N-dealkylation sites (tertiary alicyclic amines) is 1. The fourth-order valence-corrected chi connectivity index (χ4v) is 7.28. The Morgan fingerprint density at radius 2 is 1.81 bits per heavy atom. The molecular formula is C28H40N2O6. The molecule has 1 unspecified atom stereocenters. The number of rotatable bonds is 4. The molecule has 4 aliphatic heterocycles. The van der Waals surface area contributed by atoms with Crippen LogP contribution in [0.1, 0.15) is 71.6 Å². The van der Waals surface area contributed by atoms with Crippen molar-refractivity contribution in [1.29, 1.82) is 0 Å². The molecule has 0 aromatic rings. The maximum atomic E-state index is 14.4. The SMILES string of the molecule is CC[C@@]12/C=C\CCCCOC(=O)[C@@H]1[C@H]1C(=O)N([C@H](C)CO)C3C(=O)N(C4CCCCC4)CC=C[C@@]31O2. The first kappa shape index (κ1) is 25.5. The lowest BCUT2D eigenvalue weighted by Crippen LogP contribution is -2.59. The minimum Gasteiger partial charge on any atom is -0.465 e. The number of carbonyl (C=O) groups excluding carboxylic acids is 3. The summed E-state index contributed by atoms with van der Waals surface area (Å²) in [6.07, 6.45) is 16.1. The van der Waals surface area contributed by atoms with Crippen LogP contribution >= 0.6 is 0 Å². The van der Waals surface area contributed by atoms with Gasteiger partial charge in [0.1, 0.15) is 23.2 Å². The van der Waals surface area contributed by atoms with Gasteiger partial charge in [0.05, 0.1) is 25.2 Å². The number of aliphatic hydroxyl groups excluding tert-OH is 1. The van der Waals surface area contributed by atoms with Gasteiger partial charge in [0.2, 0.25) is 11.8 Å². The summed E-state index contributed by atoms with van der Waals surface area (Å²) in [6.45, 7) is 4.19. The van der Waals surface area contributed by atoms with Crippen molar-refractivity contribution in [2.75, 3.05) is 19.8 Å². The van der Waals surface area contributed by atoms with Gasteiger partial charge in [-0.15, -0.1) is 0 Å². The molecular weight excluding hydrogens is 460 g/mol. The third-order valence-electron chi connectivity index (χ3n) is 9.11. The molecule has 6 atom stereocenters. The van der Waals surface area contributed by atoms with E-state index in [4.69, 9.17) is 9.47 Å². The number of carbonyl (C=O) groups is 3. The summed E-state index contributed by atoms with van der Waals surface area (Å²) in [5, 5.41) is 10.1. The predicted molar refractivity (Wildman–Crippen MR) is 133 cm³/mol. The third kappa shape index (κ3) is 3.83. The van der Waals surface area contributed by atoms with Crippen LogP contribution in [-0.2, 0) is 23.9 Å². The van der Waals surface area contributed by atoms with Crippen LogP contribution in [0, 0.1) is 11.8 Å². The fraction of sp³-hybridized carbons (Fsp3) is 0.750. The van der Waals surface area contributed by atoms with E-state index < -0.39 is 41.1 Å². The first-order valence-electron chi connectivity index (χ1n) is 13.9. The van der Waals surface area contributed by atoms with Gasteiger partial charge in [-0.1, -0.05) is 50.5 Å². The van der Waals surface area contributed by atoms with Crippen LogP contribution in [0.5, 0.6) is 0 Å². The molecule has 4 heterocycles. The van der Waals surface area contributed by atoms with Crippen molar-refractivity contribution in [3.63, 3.8) is 0 Å². The Balaban J connectivity index is 1.64. The van der Waals surface area contributed by atoms with E-state index in [-0.39, 0.29) is 24.5 Å². The molecule has 3 fully saturated rings. The number of nitrogens with zero attached hydrogens (tertiary/aromatic N) is 2. The number of amides is 2. The number of hydrogen-bond acceptors (Lipinski definition) is 6. The van der Waals surface area contributed by atoms with Gasteiger partial charge < -0.3 is 24.4 Å². The number of ether oxygens (including phenoxy) is 2. The van der Waals surface area contributed by atoms with Gasteiger partial charge in [-0.25, -0.2) is 0 Å². The fourth-order valence-electron chi connectivity index (χ4n) is 7.28. The molecule has 198 valence electrons. The molecule has 0 bridgehead atoms. The molecule has 1 spiro atoms. The highest BCUT2D eigenvalue weighted by atomic mass is 16.6. The monoisotopic (exact) mass is 500 g/mol. The summed E-state index contributed by atoms with van der Waals surface area (Å²) < 4.78 is 12.6. The van der Waals surface area contributed by atoms with Crippen LogP contribution in [0.4, 0.5) is 0 Å². The summed E-state index contributed by atoms with van der Waals surface area (Å²) in [7, 11) is 0. The average Bonchev–Trinajstić information content (AvgIpc) is 3.26. The van der Waals surface area contributed by atoms with Gasteiger partial charge in [-0.3, -0.25) is 14.4 Å². The van der Waals surface area contributed by atoms with E-state index >= 15 is 0 Å². The quantitative estimate of drug-likeness (QED) is 0.471. The topological polar surface area (TPSA) is 96.4 Å². The molecule has 0 radical (unpaired) electrons. The van der Waals surface area contributed by atoms with Crippen molar-refractivity contribution in [2.45, 2.75) is 101 Å². The highest BCUT2D eigenvalue weighted by Gasteiger charge is 2.75. The number of aliphatic hydroxyl groups is 1. The highest BCUT2D eigenvalue weighted by Crippen LogP contribution is 2.58. The summed E-state index contributed by atoms with van der Waals surface area (Å²) >= 11 is 0. The van der Waals surface area contributed by atoms with Crippen molar-refractivity contribution in [1.82, 2.24) is 9.80 Å². The largest absolute Gasteiger partial charge is 0.465 e. The Bertz CT molecular complexity index is 942. The molecule has 2 amide bonds. The molecule has 1 saturated carbocycles. The second-order valence-corrected chi connectivity index (χ2v) is 11.1. The molecule has 0 aromatic heterocycles. The normalized spacial score (nSPS) is 39.2. The minimum atomic E-state index is -1.29. The lowest BCUT2D eigenvalue weighted by atomic mass is 9.73. The van der Waals surface area contributed by atoms with Crippen molar-refractivity contribution >= 4 is 17.8 Å². The van der Waals surface area contributed by atoms with Gasteiger partial charge in [0.15, 0.2) is 0 Å². The van der Waals surface area contributed by atoms with E-state index in [0.717, 1.165) is 44.9 Å². The van der Waals surface area contributed by atoms with Gasteiger partial charge in [-0.05, 0) is 45.4 Å². The molecule has 8 heteroatoms. The van der Waals surface area contributed by atoms with E-state index in [1.807, 2.05) is 30.1 Å². The number of fused-ring (bicyclic) bond motifs is 2. The zero-order valence-corrected chi connectivity index (χ0v) is 21.6. The van der Waals surface area contributed by atoms with E-state index in [0.29, 0.717) is 19.6 Å². The zero-order valence-electron chi connectivity index (χ0n) is 21.6. The van der Waals surface area contributed by atoms with Crippen LogP contribution in [-0.4, -0.2) is 81.8 Å². The average molecular weight is 501 g/mol. The molecule has 5 aliphatic rings. The number of hydrogen-bond donors (Lipinski definition) is 1. The smallest absolute Gasteiger partial charge is 0.313 e. The zero-order chi connectivity index (χ0) is 25.5. The third-order valence-corrected chi connectivity index (χ3v) is 9.11. The lowest BCUT2D eigenvalue weighted by Gasteiger charge is -2.42. The van der Waals surface area contributed by atoms with Crippen LogP contribution in [0.25, 0.3) is 0 Å². The molecule has 1 N–H and O–H groups in total. The van der Waals surface area contributed by atoms with Crippen molar-refractivity contribution in [2.24, 2.45) is 11.8 Å². The Hall–Kier alpha value is -2.19. The predicted octanol–water partition coefficient (Wildman–Crippen LogP) is 2.74. The first-order valence-corrected chi connectivity index (χ1v) is 13.9. The number of allylic oxidation sites excluding steroid dienone is 1. The van der Waals surface area contributed by atoms with Crippen molar-refractivity contribution in [3.8, 4) is 0 Å². The second kappa shape index (κ2) is 9.93. The summed E-state index contributed by atoms with van der Waals surface area (Å²) in [5.74, 6) is -2.64.